The molecule has 68 valence electrons. The highest BCUT2D eigenvalue weighted by Gasteiger charge is 2.31. The number of hydrogen-bond donors (Lipinski definition) is 1. The smallest absolute Gasteiger partial charge is 0.0267 e. The Balaban J connectivity index is 2.45. The molecule has 0 radical (unpaired) electrons. The predicted octanol–water partition coefficient (Wildman–Crippen LogP) is 2.70. The van der Waals surface area contributed by atoms with Crippen LogP contribution in [0.15, 0.2) is 23.9 Å². The van der Waals surface area contributed by atoms with Gasteiger partial charge in [0.2, 0.25) is 0 Å². The molecule has 0 heterocycles. The number of rotatable bonds is 2. The minimum atomic E-state index is 0.753. The van der Waals surface area contributed by atoms with Crippen molar-refractivity contribution in [3.05, 3.63) is 23.9 Å². The largest absolute Gasteiger partial charge is 0.399 e. The molecule has 0 aromatic heterocycles. The van der Waals surface area contributed by atoms with E-state index in [2.05, 4.69) is 19.9 Å². The Morgan fingerprint density at radius 3 is 2.33 bits per heavy atom. The van der Waals surface area contributed by atoms with Gasteiger partial charge >= 0.3 is 0 Å². The summed E-state index contributed by atoms with van der Waals surface area (Å²) in [5.74, 6) is 2.45. The van der Waals surface area contributed by atoms with Crippen LogP contribution in [0.2, 0.25) is 0 Å². The van der Waals surface area contributed by atoms with Crippen molar-refractivity contribution in [1.82, 2.24) is 0 Å². The summed E-state index contributed by atoms with van der Waals surface area (Å²) in [5.41, 5.74) is 6.54. The van der Waals surface area contributed by atoms with Gasteiger partial charge in [-0.15, -0.1) is 0 Å². The van der Waals surface area contributed by atoms with Crippen LogP contribution in [-0.2, 0) is 0 Å². The molecule has 2 atom stereocenters. The van der Waals surface area contributed by atoms with Crippen molar-refractivity contribution in [3.63, 3.8) is 0 Å². The minimum absolute atomic E-state index is 0.753. The Hall–Kier alpha value is -0.720. The molecular weight excluding hydrogens is 146 g/mol. The van der Waals surface area contributed by atoms with Crippen molar-refractivity contribution in [2.75, 3.05) is 0 Å². The van der Waals surface area contributed by atoms with E-state index in [1.165, 1.54) is 6.42 Å². The molecule has 1 aliphatic carbocycles. The summed E-state index contributed by atoms with van der Waals surface area (Å²) in [4.78, 5) is 0. The van der Waals surface area contributed by atoms with Gasteiger partial charge in [-0.2, -0.15) is 0 Å². The molecule has 0 bridgehead atoms. The number of allylic oxidation sites excluding steroid dienone is 3. The third-order valence-electron chi connectivity index (χ3n) is 2.90. The first-order valence-electron chi connectivity index (χ1n) is 4.75. The molecule has 1 saturated carbocycles. The summed E-state index contributed by atoms with van der Waals surface area (Å²) in [7, 11) is 0. The summed E-state index contributed by atoms with van der Waals surface area (Å²) in [6.45, 7) is 6.58. The van der Waals surface area contributed by atoms with Gasteiger partial charge in [0.15, 0.2) is 0 Å². The van der Waals surface area contributed by atoms with Gasteiger partial charge in [-0.3, -0.25) is 0 Å². The molecule has 1 heteroatoms. The van der Waals surface area contributed by atoms with E-state index in [4.69, 9.17) is 5.73 Å². The Labute approximate surface area is 75.3 Å². The second-order valence-corrected chi connectivity index (χ2v) is 3.92. The molecule has 0 aromatic carbocycles. The molecule has 0 saturated heterocycles. The average molecular weight is 165 g/mol. The van der Waals surface area contributed by atoms with Gasteiger partial charge in [-0.1, -0.05) is 26.0 Å². The van der Waals surface area contributed by atoms with Gasteiger partial charge in [-0.25, -0.2) is 0 Å². The van der Waals surface area contributed by atoms with E-state index in [1.807, 2.05) is 19.1 Å². The van der Waals surface area contributed by atoms with Gasteiger partial charge in [0, 0.05) is 5.70 Å². The van der Waals surface area contributed by atoms with Gasteiger partial charge in [0.1, 0.15) is 0 Å². The Morgan fingerprint density at radius 2 is 1.92 bits per heavy atom. The zero-order valence-corrected chi connectivity index (χ0v) is 8.25. The molecule has 0 aromatic rings. The number of nitrogens with two attached hydrogens (primary N) is 1. The van der Waals surface area contributed by atoms with Crippen LogP contribution >= 0.6 is 0 Å². The maximum atomic E-state index is 5.67. The van der Waals surface area contributed by atoms with Crippen molar-refractivity contribution in [2.24, 2.45) is 23.5 Å². The van der Waals surface area contributed by atoms with E-state index in [0.29, 0.717) is 0 Å². The van der Waals surface area contributed by atoms with Crippen LogP contribution in [0, 0.1) is 17.8 Å². The van der Waals surface area contributed by atoms with Crippen molar-refractivity contribution in [1.29, 1.82) is 0 Å². The van der Waals surface area contributed by atoms with Crippen molar-refractivity contribution < 1.29 is 0 Å². The highest BCUT2D eigenvalue weighted by atomic mass is 14.5. The molecular formula is C11H19N. The molecule has 0 spiro atoms. The second kappa shape index (κ2) is 3.79. The second-order valence-electron chi connectivity index (χ2n) is 3.92. The van der Waals surface area contributed by atoms with E-state index in [9.17, 15) is 0 Å². The lowest BCUT2D eigenvalue weighted by molar-refractivity contribution is 0.148. The fourth-order valence-corrected chi connectivity index (χ4v) is 1.96. The first kappa shape index (κ1) is 9.37. The van der Waals surface area contributed by atoms with E-state index in [0.717, 1.165) is 23.5 Å². The van der Waals surface area contributed by atoms with Crippen LogP contribution in [0.1, 0.15) is 27.2 Å². The van der Waals surface area contributed by atoms with Crippen molar-refractivity contribution in [2.45, 2.75) is 27.2 Å². The summed E-state index contributed by atoms with van der Waals surface area (Å²) in [6.07, 6.45) is 7.60. The third kappa shape index (κ3) is 1.90. The van der Waals surface area contributed by atoms with Crippen LogP contribution in [0.5, 0.6) is 0 Å². The molecule has 2 N–H and O–H groups in total. The lowest BCUT2D eigenvalue weighted by Crippen LogP contribution is -2.31. The van der Waals surface area contributed by atoms with Crippen LogP contribution in [0.25, 0.3) is 0 Å². The standard InChI is InChI=1S/C11H19N/c1-4-10(12)5-6-11-8(2)7-9(11)3/h4-6,8-9,11H,7,12H2,1-3H3/b6-5-,10-4+. The highest BCUT2D eigenvalue weighted by molar-refractivity contribution is 5.16. The minimum Gasteiger partial charge on any atom is -0.399 e. The summed E-state index contributed by atoms with van der Waals surface area (Å²) >= 11 is 0. The summed E-state index contributed by atoms with van der Waals surface area (Å²) in [5, 5.41) is 0. The average Bonchev–Trinajstić information content (AvgIpc) is 2.04. The SMILES string of the molecule is C/C=C(N)\C=C/C1C(C)CC1C. The number of hydrogen-bond acceptors (Lipinski definition) is 1. The zero-order valence-electron chi connectivity index (χ0n) is 8.25. The van der Waals surface area contributed by atoms with Crippen LogP contribution in [0.3, 0.4) is 0 Å². The van der Waals surface area contributed by atoms with Crippen LogP contribution < -0.4 is 5.73 Å². The lowest BCUT2D eigenvalue weighted by Gasteiger charge is -2.39. The molecule has 1 nitrogen and oxygen atoms in total. The Morgan fingerprint density at radius 1 is 1.33 bits per heavy atom. The maximum Gasteiger partial charge on any atom is 0.0267 e. The van der Waals surface area contributed by atoms with Gasteiger partial charge in [0.25, 0.3) is 0 Å². The molecule has 1 rings (SSSR count). The lowest BCUT2D eigenvalue weighted by atomic mass is 9.66. The fourth-order valence-electron chi connectivity index (χ4n) is 1.96. The third-order valence-corrected chi connectivity index (χ3v) is 2.90. The van der Waals surface area contributed by atoms with E-state index in [1.54, 1.807) is 0 Å². The Kier molecular flexibility index (Phi) is 2.96. The first-order chi connectivity index (χ1) is 5.65. The molecule has 1 fully saturated rings. The van der Waals surface area contributed by atoms with E-state index < -0.39 is 0 Å². The quantitative estimate of drug-likeness (QED) is 0.625. The molecule has 12 heavy (non-hydrogen) atoms. The highest BCUT2D eigenvalue weighted by Crippen LogP contribution is 2.40. The summed E-state index contributed by atoms with van der Waals surface area (Å²) < 4.78 is 0. The van der Waals surface area contributed by atoms with E-state index in [-0.39, 0.29) is 0 Å². The normalized spacial score (nSPS) is 36.9. The van der Waals surface area contributed by atoms with Gasteiger partial charge < -0.3 is 5.73 Å². The van der Waals surface area contributed by atoms with Gasteiger partial charge in [0.05, 0.1) is 0 Å². The molecule has 0 amide bonds. The predicted molar refractivity (Wildman–Crippen MR) is 53.5 cm³/mol. The van der Waals surface area contributed by atoms with Crippen molar-refractivity contribution in [3.8, 4) is 0 Å². The fraction of sp³-hybridized carbons (Fsp3) is 0.636. The Bertz CT molecular complexity index is 195. The zero-order chi connectivity index (χ0) is 9.14. The van der Waals surface area contributed by atoms with Crippen LogP contribution in [-0.4, -0.2) is 0 Å². The first-order valence-corrected chi connectivity index (χ1v) is 4.75. The van der Waals surface area contributed by atoms with Crippen molar-refractivity contribution >= 4 is 0 Å². The monoisotopic (exact) mass is 165 g/mol. The molecule has 2 unspecified atom stereocenters. The van der Waals surface area contributed by atoms with E-state index >= 15 is 0 Å². The molecule has 1 aliphatic rings. The molecule has 0 aliphatic heterocycles. The summed E-state index contributed by atoms with van der Waals surface area (Å²) in [6, 6.07) is 0. The maximum absolute atomic E-state index is 5.67. The van der Waals surface area contributed by atoms with Gasteiger partial charge in [-0.05, 0) is 37.2 Å². The topological polar surface area (TPSA) is 26.0 Å². The van der Waals surface area contributed by atoms with Crippen LogP contribution in [0.4, 0.5) is 0 Å².